The molecule has 1 rings (SSSR count). The molecule has 1 saturated carbocycles. The van der Waals surface area contributed by atoms with Crippen LogP contribution in [0.2, 0.25) is 0 Å². The average Bonchev–Trinajstić information content (AvgIpc) is 2.60. The van der Waals surface area contributed by atoms with E-state index in [-0.39, 0.29) is 16.6 Å². The summed E-state index contributed by atoms with van der Waals surface area (Å²) in [6.07, 6.45) is 4.67. The number of alkyl halides is 1. The fraction of sp³-hybridized carbons (Fsp3) is 1.00. The molecule has 0 amide bonds. The van der Waals surface area contributed by atoms with Gasteiger partial charge in [0, 0.05) is 11.9 Å². The zero-order chi connectivity index (χ0) is 13.2. The van der Waals surface area contributed by atoms with E-state index < -0.39 is 10.0 Å². The Morgan fingerprint density at radius 2 is 1.76 bits per heavy atom. The Kier molecular flexibility index (Phi) is 5.07. The van der Waals surface area contributed by atoms with Crippen molar-refractivity contribution >= 4 is 26.0 Å². The molecule has 1 aliphatic rings. The van der Waals surface area contributed by atoms with Gasteiger partial charge in [-0.2, -0.15) is 0 Å². The highest BCUT2D eigenvalue weighted by Gasteiger charge is 2.34. The second kappa shape index (κ2) is 5.57. The van der Waals surface area contributed by atoms with Gasteiger partial charge in [-0.25, -0.2) is 13.1 Å². The predicted molar refractivity (Wildman–Crippen MR) is 75.9 cm³/mol. The Bertz CT molecular complexity index is 340. The van der Waals surface area contributed by atoms with Gasteiger partial charge in [-0.05, 0) is 23.7 Å². The maximum atomic E-state index is 11.9. The lowest BCUT2D eigenvalue weighted by Gasteiger charge is -2.27. The van der Waals surface area contributed by atoms with E-state index in [0.717, 1.165) is 18.2 Å². The van der Waals surface area contributed by atoms with Crippen molar-refractivity contribution in [2.75, 3.05) is 17.6 Å². The van der Waals surface area contributed by atoms with Crippen molar-refractivity contribution in [3.8, 4) is 0 Å². The molecule has 0 spiro atoms. The van der Waals surface area contributed by atoms with Crippen molar-refractivity contribution in [1.82, 2.24) is 4.72 Å². The first kappa shape index (κ1) is 15.4. The summed E-state index contributed by atoms with van der Waals surface area (Å²) in [7, 11) is -3.15. The van der Waals surface area contributed by atoms with Gasteiger partial charge in [0.1, 0.15) is 0 Å². The standard InChI is InChI=1S/C12H24BrNO2S/c1-11(2,3)10-17(15,16)14-9-12(8-13)6-4-5-7-12/h14H,4-10H2,1-3H3. The van der Waals surface area contributed by atoms with E-state index in [1.807, 2.05) is 20.8 Å². The lowest BCUT2D eigenvalue weighted by molar-refractivity contribution is 0.346. The minimum absolute atomic E-state index is 0.144. The number of halogens is 1. The van der Waals surface area contributed by atoms with E-state index in [4.69, 9.17) is 0 Å². The number of hydrogen-bond donors (Lipinski definition) is 1. The van der Waals surface area contributed by atoms with Gasteiger partial charge in [-0.15, -0.1) is 0 Å². The van der Waals surface area contributed by atoms with Crippen LogP contribution >= 0.6 is 15.9 Å². The molecule has 0 atom stereocenters. The highest BCUT2D eigenvalue weighted by Crippen LogP contribution is 2.39. The van der Waals surface area contributed by atoms with Gasteiger partial charge >= 0.3 is 0 Å². The average molecular weight is 326 g/mol. The van der Waals surface area contributed by atoms with Gasteiger partial charge in [-0.1, -0.05) is 49.5 Å². The first-order valence-electron chi connectivity index (χ1n) is 6.21. The van der Waals surface area contributed by atoms with Crippen LogP contribution in [0.4, 0.5) is 0 Å². The maximum Gasteiger partial charge on any atom is 0.212 e. The highest BCUT2D eigenvalue weighted by molar-refractivity contribution is 9.09. The zero-order valence-corrected chi connectivity index (χ0v) is 13.5. The number of sulfonamides is 1. The Balaban J connectivity index is 2.54. The Morgan fingerprint density at radius 1 is 1.24 bits per heavy atom. The summed E-state index contributed by atoms with van der Waals surface area (Å²) in [6, 6.07) is 0. The van der Waals surface area contributed by atoms with Gasteiger partial charge in [0.15, 0.2) is 0 Å². The van der Waals surface area contributed by atoms with E-state index in [1.54, 1.807) is 0 Å². The topological polar surface area (TPSA) is 46.2 Å². The number of nitrogens with one attached hydrogen (secondary N) is 1. The zero-order valence-electron chi connectivity index (χ0n) is 11.1. The molecular formula is C12H24BrNO2S. The third kappa shape index (κ3) is 5.26. The first-order valence-corrected chi connectivity index (χ1v) is 8.99. The molecule has 0 saturated heterocycles. The van der Waals surface area contributed by atoms with Gasteiger partial charge in [-0.3, -0.25) is 0 Å². The molecule has 3 nitrogen and oxygen atoms in total. The fourth-order valence-electron chi connectivity index (χ4n) is 2.37. The summed E-state index contributed by atoms with van der Waals surface area (Å²) in [5.74, 6) is 0.193. The van der Waals surface area contributed by atoms with Crippen LogP contribution in [0.3, 0.4) is 0 Å². The minimum atomic E-state index is -3.15. The summed E-state index contributed by atoms with van der Waals surface area (Å²) in [5, 5.41) is 0.887. The molecule has 0 bridgehead atoms. The van der Waals surface area contributed by atoms with Gasteiger partial charge in [0.2, 0.25) is 10.0 Å². The third-order valence-electron chi connectivity index (χ3n) is 3.24. The molecule has 0 heterocycles. The first-order chi connectivity index (χ1) is 7.68. The molecule has 1 fully saturated rings. The molecule has 1 aliphatic carbocycles. The predicted octanol–water partition coefficient (Wildman–Crippen LogP) is 2.91. The van der Waals surface area contributed by atoms with E-state index in [0.29, 0.717) is 6.54 Å². The summed E-state index contributed by atoms with van der Waals surface area (Å²) in [4.78, 5) is 0. The van der Waals surface area contributed by atoms with Crippen molar-refractivity contribution in [2.45, 2.75) is 46.5 Å². The summed E-state index contributed by atoms with van der Waals surface area (Å²) < 4.78 is 26.7. The molecule has 5 heteroatoms. The lowest BCUT2D eigenvalue weighted by Crippen LogP contribution is -2.40. The van der Waals surface area contributed by atoms with Crippen LogP contribution in [0, 0.1) is 10.8 Å². The molecule has 0 aromatic heterocycles. The Hall–Kier alpha value is 0.390. The molecule has 102 valence electrons. The molecule has 0 unspecified atom stereocenters. The lowest BCUT2D eigenvalue weighted by atomic mass is 9.89. The molecule has 0 aromatic rings. The van der Waals surface area contributed by atoms with Crippen molar-refractivity contribution < 1.29 is 8.42 Å². The maximum absolute atomic E-state index is 11.9. The Labute approximate surface area is 114 Å². The summed E-state index contributed by atoms with van der Waals surface area (Å²) in [6.45, 7) is 6.42. The van der Waals surface area contributed by atoms with Crippen LogP contribution < -0.4 is 4.72 Å². The molecule has 0 aromatic carbocycles. The third-order valence-corrected chi connectivity index (χ3v) is 6.26. The molecule has 0 aliphatic heterocycles. The van der Waals surface area contributed by atoms with Crippen molar-refractivity contribution in [3.05, 3.63) is 0 Å². The van der Waals surface area contributed by atoms with Crippen molar-refractivity contribution in [3.63, 3.8) is 0 Å². The SMILES string of the molecule is CC(C)(C)CS(=O)(=O)NCC1(CBr)CCCC1. The van der Waals surface area contributed by atoms with Crippen LogP contribution in [-0.2, 0) is 10.0 Å². The van der Waals surface area contributed by atoms with E-state index in [2.05, 4.69) is 20.7 Å². The summed E-state index contributed by atoms with van der Waals surface area (Å²) in [5.41, 5.74) is -0.0476. The molecule has 0 radical (unpaired) electrons. The number of hydrogen-bond acceptors (Lipinski definition) is 2. The van der Waals surface area contributed by atoms with Crippen LogP contribution in [0.15, 0.2) is 0 Å². The van der Waals surface area contributed by atoms with Gasteiger partial charge in [0.25, 0.3) is 0 Å². The monoisotopic (exact) mass is 325 g/mol. The van der Waals surface area contributed by atoms with Gasteiger partial charge < -0.3 is 0 Å². The van der Waals surface area contributed by atoms with Gasteiger partial charge in [0.05, 0.1) is 5.75 Å². The van der Waals surface area contributed by atoms with Crippen LogP contribution in [0.1, 0.15) is 46.5 Å². The van der Waals surface area contributed by atoms with E-state index in [9.17, 15) is 8.42 Å². The van der Waals surface area contributed by atoms with E-state index in [1.165, 1.54) is 12.8 Å². The van der Waals surface area contributed by atoms with E-state index >= 15 is 0 Å². The molecular weight excluding hydrogens is 302 g/mol. The smallest absolute Gasteiger partial charge is 0.212 e. The quantitative estimate of drug-likeness (QED) is 0.790. The highest BCUT2D eigenvalue weighted by atomic mass is 79.9. The van der Waals surface area contributed by atoms with Crippen molar-refractivity contribution in [2.24, 2.45) is 10.8 Å². The normalized spacial score (nSPS) is 20.7. The summed E-state index contributed by atoms with van der Waals surface area (Å²) >= 11 is 3.53. The molecule has 1 N–H and O–H groups in total. The largest absolute Gasteiger partial charge is 0.215 e. The Morgan fingerprint density at radius 3 is 2.18 bits per heavy atom. The van der Waals surface area contributed by atoms with Crippen LogP contribution in [0.25, 0.3) is 0 Å². The second-order valence-corrected chi connectivity index (χ2v) is 8.85. The second-order valence-electron chi connectivity index (χ2n) is 6.48. The van der Waals surface area contributed by atoms with Crippen LogP contribution in [0.5, 0.6) is 0 Å². The van der Waals surface area contributed by atoms with Crippen LogP contribution in [-0.4, -0.2) is 26.0 Å². The van der Waals surface area contributed by atoms with Crippen molar-refractivity contribution in [1.29, 1.82) is 0 Å². The fourth-order valence-corrected chi connectivity index (χ4v) is 4.89. The number of rotatable bonds is 5. The molecule has 17 heavy (non-hydrogen) atoms. The minimum Gasteiger partial charge on any atom is -0.215 e.